The molecule has 0 aliphatic rings. The van der Waals surface area contributed by atoms with Gasteiger partial charge in [0.1, 0.15) is 0 Å². The van der Waals surface area contributed by atoms with Crippen molar-refractivity contribution >= 4 is 22.6 Å². The highest BCUT2D eigenvalue weighted by Crippen LogP contribution is 2.19. The first-order valence-corrected chi connectivity index (χ1v) is 7.80. The van der Waals surface area contributed by atoms with E-state index in [1.54, 1.807) is 0 Å². The van der Waals surface area contributed by atoms with Crippen molar-refractivity contribution in [1.82, 2.24) is 10.6 Å². The molecule has 0 aliphatic carbocycles. The topological polar surface area (TPSA) is 78.4 Å². The van der Waals surface area contributed by atoms with Crippen molar-refractivity contribution in [3.63, 3.8) is 0 Å². The first kappa shape index (κ1) is 17.0. The molecule has 0 bridgehead atoms. The molecule has 0 saturated heterocycles. The summed E-state index contributed by atoms with van der Waals surface area (Å²) in [4.78, 5) is 23.0. The Hall–Kier alpha value is -2.40. The molecule has 23 heavy (non-hydrogen) atoms. The Labute approximate surface area is 135 Å². The average molecular weight is 314 g/mol. The van der Waals surface area contributed by atoms with E-state index in [-0.39, 0.29) is 24.9 Å². The van der Waals surface area contributed by atoms with Crippen LogP contribution in [0, 0.1) is 0 Å². The van der Waals surface area contributed by atoms with Crippen LogP contribution in [0.3, 0.4) is 0 Å². The highest BCUT2D eigenvalue weighted by molar-refractivity contribution is 5.85. The lowest BCUT2D eigenvalue weighted by Crippen LogP contribution is -2.38. The molecule has 1 atom stereocenters. The van der Waals surface area contributed by atoms with Crippen molar-refractivity contribution in [3.05, 3.63) is 48.0 Å². The number of fused-ring (bicyclic) bond motifs is 1. The van der Waals surface area contributed by atoms with Crippen LogP contribution in [-0.2, 0) is 9.59 Å². The molecule has 1 unspecified atom stereocenters. The smallest absolute Gasteiger partial charge is 0.239 e. The van der Waals surface area contributed by atoms with Gasteiger partial charge in [0.05, 0.1) is 12.6 Å². The zero-order chi connectivity index (χ0) is 16.7. The van der Waals surface area contributed by atoms with Gasteiger partial charge >= 0.3 is 0 Å². The number of carbonyl (C=O) groups excluding carboxylic acids is 2. The SMILES string of the molecule is CCCC(=O)NCC(=O)NCC(O)c1ccc2ccccc2c1. The summed E-state index contributed by atoms with van der Waals surface area (Å²) in [6.45, 7) is 1.95. The van der Waals surface area contributed by atoms with Crippen LogP contribution in [0.15, 0.2) is 42.5 Å². The molecular formula is C18H22N2O3. The zero-order valence-electron chi connectivity index (χ0n) is 13.2. The van der Waals surface area contributed by atoms with Crippen molar-refractivity contribution in [3.8, 4) is 0 Å². The van der Waals surface area contributed by atoms with Gasteiger partial charge in [-0.2, -0.15) is 0 Å². The molecule has 0 aromatic heterocycles. The third kappa shape index (κ3) is 5.07. The molecule has 0 radical (unpaired) electrons. The monoisotopic (exact) mass is 314 g/mol. The average Bonchev–Trinajstić information content (AvgIpc) is 2.57. The lowest BCUT2D eigenvalue weighted by atomic mass is 10.0. The van der Waals surface area contributed by atoms with Gasteiger partial charge in [-0.1, -0.05) is 43.3 Å². The molecule has 3 N–H and O–H groups in total. The van der Waals surface area contributed by atoms with Gasteiger partial charge in [0.25, 0.3) is 0 Å². The molecule has 5 nitrogen and oxygen atoms in total. The maximum atomic E-state index is 11.7. The number of hydrogen-bond donors (Lipinski definition) is 3. The van der Waals surface area contributed by atoms with Gasteiger partial charge in [-0.3, -0.25) is 9.59 Å². The first-order valence-electron chi connectivity index (χ1n) is 7.80. The molecule has 2 rings (SSSR count). The van der Waals surface area contributed by atoms with E-state index in [2.05, 4.69) is 10.6 Å². The Bertz CT molecular complexity index is 685. The molecule has 5 heteroatoms. The van der Waals surface area contributed by atoms with Gasteiger partial charge in [0.15, 0.2) is 0 Å². The number of rotatable bonds is 7. The summed E-state index contributed by atoms with van der Waals surface area (Å²) < 4.78 is 0. The van der Waals surface area contributed by atoms with Crippen molar-refractivity contribution in [1.29, 1.82) is 0 Å². The molecule has 2 aromatic rings. The van der Waals surface area contributed by atoms with Crippen LogP contribution in [0.4, 0.5) is 0 Å². The second-order valence-electron chi connectivity index (χ2n) is 5.45. The Morgan fingerprint density at radius 3 is 2.52 bits per heavy atom. The van der Waals surface area contributed by atoms with Gasteiger partial charge in [-0.25, -0.2) is 0 Å². The molecule has 0 spiro atoms. The van der Waals surface area contributed by atoms with E-state index in [9.17, 15) is 14.7 Å². The minimum absolute atomic E-state index is 0.0662. The fraction of sp³-hybridized carbons (Fsp3) is 0.333. The van der Waals surface area contributed by atoms with Crippen molar-refractivity contribution < 1.29 is 14.7 Å². The predicted octanol–water partition coefficient (Wildman–Crippen LogP) is 1.91. The van der Waals surface area contributed by atoms with Crippen LogP contribution in [0.2, 0.25) is 0 Å². The third-order valence-corrected chi connectivity index (χ3v) is 3.57. The lowest BCUT2D eigenvalue weighted by molar-refractivity contribution is -0.126. The summed E-state index contributed by atoms with van der Waals surface area (Å²) in [5, 5.41) is 17.5. The Morgan fingerprint density at radius 2 is 1.78 bits per heavy atom. The van der Waals surface area contributed by atoms with E-state index in [4.69, 9.17) is 0 Å². The van der Waals surface area contributed by atoms with E-state index >= 15 is 0 Å². The van der Waals surface area contributed by atoms with Gasteiger partial charge in [0.2, 0.25) is 11.8 Å². The second-order valence-corrected chi connectivity index (χ2v) is 5.45. The van der Waals surface area contributed by atoms with E-state index < -0.39 is 6.10 Å². The number of aliphatic hydroxyl groups is 1. The number of nitrogens with one attached hydrogen (secondary N) is 2. The van der Waals surface area contributed by atoms with Gasteiger partial charge < -0.3 is 15.7 Å². The molecule has 0 heterocycles. The van der Waals surface area contributed by atoms with Gasteiger partial charge in [0, 0.05) is 13.0 Å². The van der Waals surface area contributed by atoms with Gasteiger partial charge in [-0.15, -0.1) is 0 Å². The maximum absolute atomic E-state index is 11.7. The van der Waals surface area contributed by atoms with Crippen LogP contribution in [0.1, 0.15) is 31.4 Å². The largest absolute Gasteiger partial charge is 0.387 e. The normalized spacial score (nSPS) is 11.9. The fourth-order valence-corrected chi connectivity index (χ4v) is 2.30. The van der Waals surface area contributed by atoms with E-state index in [1.165, 1.54) is 0 Å². The summed E-state index contributed by atoms with van der Waals surface area (Å²) in [6.07, 6.45) is 0.371. The number of amides is 2. The van der Waals surface area contributed by atoms with E-state index in [0.29, 0.717) is 6.42 Å². The van der Waals surface area contributed by atoms with Crippen LogP contribution >= 0.6 is 0 Å². The van der Waals surface area contributed by atoms with Crippen LogP contribution in [0.5, 0.6) is 0 Å². The third-order valence-electron chi connectivity index (χ3n) is 3.57. The standard InChI is InChI=1S/C18H22N2O3/c1-2-5-17(22)20-12-18(23)19-11-16(21)15-9-8-13-6-3-4-7-14(13)10-15/h3-4,6-10,16,21H,2,5,11-12H2,1H3,(H,19,23)(H,20,22). The summed E-state index contributed by atoms with van der Waals surface area (Å²) in [5.41, 5.74) is 0.749. The van der Waals surface area contributed by atoms with Crippen molar-refractivity contribution in [2.75, 3.05) is 13.1 Å². The highest BCUT2D eigenvalue weighted by atomic mass is 16.3. The van der Waals surface area contributed by atoms with Crippen LogP contribution in [-0.4, -0.2) is 30.0 Å². The Morgan fingerprint density at radius 1 is 1.04 bits per heavy atom. The minimum atomic E-state index is -0.783. The zero-order valence-corrected chi connectivity index (χ0v) is 13.2. The number of carbonyl (C=O) groups is 2. The lowest BCUT2D eigenvalue weighted by Gasteiger charge is -2.13. The minimum Gasteiger partial charge on any atom is -0.387 e. The molecule has 122 valence electrons. The number of aliphatic hydroxyl groups excluding tert-OH is 1. The van der Waals surface area contributed by atoms with Gasteiger partial charge in [-0.05, 0) is 28.8 Å². The quantitative estimate of drug-likeness (QED) is 0.730. The molecule has 0 fully saturated rings. The molecule has 2 amide bonds. The second kappa shape index (κ2) is 8.29. The predicted molar refractivity (Wildman–Crippen MR) is 89.8 cm³/mol. The molecule has 0 saturated carbocycles. The van der Waals surface area contributed by atoms with E-state index in [0.717, 1.165) is 22.8 Å². The van der Waals surface area contributed by atoms with E-state index in [1.807, 2.05) is 49.4 Å². The summed E-state index contributed by atoms with van der Waals surface area (Å²) >= 11 is 0. The number of benzene rings is 2. The Balaban J connectivity index is 1.84. The van der Waals surface area contributed by atoms with Crippen LogP contribution < -0.4 is 10.6 Å². The summed E-state index contributed by atoms with van der Waals surface area (Å²) in [6, 6.07) is 13.6. The van der Waals surface area contributed by atoms with Crippen molar-refractivity contribution in [2.45, 2.75) is 25.9 Å². The number of hydrogen-bond acceptors (Lipinski definition) is 3. The van der Waals surface area contributed by atoms with Crippen LogP contribution in [0.25, 0.3) is 10.8 Å². The molecular weight excluding hydrogens is 292 g/mol. The first-order chi connectivity index (χ1) is 11.1. The summed E-state index contributed by atoms with van der Waals surface area (Å²) in [5.74, 6) is -0.452. The molecule has 2 aromatic carbocycles. The highest BCUT2D eigenvalue weighted by Gasteiger charge is 2.10. The fourth-order valence-electron chi connectivity index (χ4n) is 2.30. The maximum Gasteiger partial charge on any atom is 0.239 e. The van der Waals surface area contributed by atoms with Crippen molar-refractivity contribution in [2.24, 2.45) is 0 Å². The molecule has 0 aliphatic heterocycles. The Kier molecular flexibility index (Phi) is 6.11. The summed E-state index contributed by atoms with van der Waals surface area (Å²) in [7, 11) is 0.